The van der Waals surface area contributed by atoms with E-state index in [-0.39, 0.29) is 11.8 Å². The van der Waals surface area contributed by atoms with Crippen LogP contribution in [0.15, 0.2) is 115 Å². The fourth-order valence-electron chi connectivity index (χ4n) is 5.11. The molecular formula is C38H35ClF3N3O4. The molecule has 0 aliphatic heterocycles. The predicted octanol–water partition coefficient (Wildman–Crippen LogP) is 7.30. The number of fused-ring (bicyclic) bond motifs is 1. The summed E-state index contributed by atoms with van der Waals surface area (Å²) in [5.74, 6) is -2.85. The van der Waals surface area contributed by atoms with E-state index in [1.54, 1.807) is 0 Å². The molecule has 0 aliphatic carbocycles. The van der Waals surface area contributed by atoms with E-state index in [0.717, 1.165) is 38.6 Å². The number of nitrogens with two attached hydrogens (primary N) is 1. The van der Waals surface area contributed by atoms with E-state index in [1.807, 2.05) is 89.8 Å². The fraction of sp³-hybridized carbons (Fsp3) is 0.184. The molecule has 5 aromatic carbocycles. The third kappa shape index (κ3) is 10.9. The average Bonchev–Trinajstić information content (AvgIpc) is 3.09. The number of alkyl halides is 3. The Morgan fingerprint density at radius 2 is 1.43 bits per heavy atom. The van der Waals surface area contributed by atoms with Crippen LogP contribution in [-0.4, -0.2) is 53.6 Å². The van der Waals surface area contributed by atoms with Crippen molar-refractivity contribution in [3.63, 3.8) is 0 Å². The molecule has 11 heteroatoms. The van der Waals surface area contributed by atoms with Crippen molar-refractivity contribution < 1.29 is 32.7 Å². The Morgan fingerprint density at radius 1 is 0.776 bits per heavy atom. The lowest BCUT2D eigenvalue weighted by Gasteiger charge is -2.24. The Kier molecular flexibility index (Phi) is 12.9. The molecule has 0 radical (unpaired) electrons. The van der Waals surface area contributed by atoms with Gasteiger partial charge in [0.1, 0.15) is 0 Å². The number of nitrogens with zero attached hydrogens (tertiary/aromatic N) is 1. The first-order valence-electron chi connectivity index (χ1n) is 15.4. The highest BCUT2D eigenvalue weighted by Crippen LogP contribution is 2.26. The molecule has 0 saturated heterocycles. The minimum absolute atomic E-state index is 0.0613. The lowest BCUT2D eigenvalue weighted by molar-refractivity contribution is -0.192. The molecule has 49 heavy (non-hydrogen) atoms. The average molecular weight is 690 g/mol. The van der Waals surface area contributed by atoms with Crippen molar-refractivity contribution in [2.45, 2.75) is 25.6 Å². The van der Waals surface area contributed by atoms with E-state index in [1.165, 1.54) is 0 Å². The van der Waals surface area contributed by atoms with Gasteiger partial charge in [-0.15, -0.1) is 0 Å². The number of benzene rings is 5. The molecule has 0 aromatic heterocycles. The fourth-order valence-corrected chi connectivity index (χ4v) is 5.24. The van der Waals surface area contributed by atoms with Crippen LogP contribution in [0.25, 0.3) is 21.9 Å². The van der Waals surface area contributed by atoms with Gasteiger partial charge >= 0.3 is 12.1 Å². The van der Waals surface area contributed by atoms with Crippen LogP contribution in [0.4, 0.5) is 13.2 Å². The van der Waals surface area contributed by atoms with Crippen LogP contribution in [0.2, 0.25) is 5.02 Å². The summed E-state index contributed by atoms with van der Waals surface area (Å²) in [6, 6.07) is 37.7. The van der Waals surface area contributed by atoms with E-state index in [4.69, 9.17) is 27.2 Å². The van der Waals surface area contributed by atoms with E-state index >= 15 is 0 Å². The largest absolute Gasteiger partial charge is 0.490 e. The van der Waals surface area contributed by atoms with Gasteiger partial charge in [-0.2, -0.15) is 13.2 Å². The Labute approximate surface area is 287 Å². The Bertz CT molecular complexity index is 1900. The van der Waals surface area contributed by atoms with Gasteiger partial charge in [-0.3, -0.25) is 9.59 Å². The predicted molar refractivity (Wildman–Crippen MR) is 185 cm³/mol. The summed E-state index contributed by atoms with van der Waals surface area (Å²) in [4.78, 5) is 37.4. The highest BCUT2D eigenvalue weighted by molar-refractivity contribution is 6.30. The first kappa shape index (κ1) is 36.6. The first-order valence-corrected chi connectivity index (χ1v) is 15.8. The summed E-state index contributed by atoms with van der Waals surface area (Å²) in [5, 5.41) is 13.0. The summed E-state index contributed by atoms with van der Waals surface area (Å²) in [5.41, 5.74) is 11.0. The number of carboxylic acids is 1. The van der Waals surface area contributed by atoms with Crippen molar-refractivity contribution in [2.75, 3.05) is 19.6 Å². The van der Waals surface area contributed by atoms with Crippen LogP contribution >= 0.6 is 11.6 Å². The minimum Gasteiger partial charge on any atom is -0.475 e. The van der Waals surface area contributed by atoms with Gasteiger partial charge < -0.3 is 21.1 Å². The van der Waals surface area contributed by atoms with E-state index in [2.05, 4.69) is 35.6 Å². The second-order valence-corrected chi connectivity index (χ2v) is 11.6. The number of halogens is 4. The maximum atomic E-state index is 13.8. The SMILES string of the molecule is NCCNC(=O)c1ccccc1-c1cccc(CN(CCc2ccc(Cl)cc2)C(=O)Cc2ccc3ccccc3c2)c1.O=C(O)C(F)(F)F. The summed E-state index contributed by atoms with van der Waals surface area (Å²) in [6.45, 7) is 1.81. The number of carboxylic acid groups (broad SMARTS) is 1. The van der Waals surface area contributed by atoms with Gasteiger partial charge in [-0.05, 0) is 69.3 Å². The number of amides is 2. The Hall–Kier alpha value is -5.19. The molecule has 5 rings (SSSR count). The molecule has 0 aliphatic rings. The van der Waals surface area contributed by atoms with Gasteiger partial charge in [0.05, 0.1) is 6.42 Å². The number of hydrogen-bond acceptors (Lipinski definition) is 4. The lowest BCUT2D eigenvalue weighted by atomic mass is 9.97. The number of aliphatic carboxylic acids is 1. The van der Waals surface area contributed by atoms with Crippen molar-refractivity contribution >= 4 is 40.2 Å². The van der Waals surface area contributed by atoms with Gasteiger partial charge in [0.25, 0.3) is 5.91 Å². The molecule has 5 aromatic rings. The van der Waals surface area contributed by atoms with Gasteiger partial charge in [0, 0.05) is 36.8 Å². The normalized spacial score (nSPS) is 11.0. The number of nitrogens with one attached hydrogen (secondary N) is 1. The Balaban J connectivity index is 0.000000698. The number of rotatable bonds is 11. The minimum atomic E-state index is -5.08. The van der Waals surface area contributed by atoms with E-state index < -0.39 is 12.1 Å². The molecular weight excluding hydrogens is 655 g/mol. The zero-order chi connectivity index (χ0) is 35.4. The molecule has 7 nitrogen and oxygen atoms in total. The first-order chi connectivity index (χ1) is 23.4. The topological polar surface area (TPSA) is 113 Å². The van der Waals surface area contributed by atoms with Crippen LogP contribution in [-0.2, 0) is 29.0 Å². The maximum absolute atomic E-state index is 13.8. The second-order valence-electron chi connectivity index (χ2n) is 11.1. The van der Waals surface area contributed by atoms with Crippen molar-refractivity contribution in [2.24, 2.45) is 5.73 Å². The smallest absolute Gasteiger partial charge is 0.475 e. The second kappa shape index (κ2) is 17.3. The van der Waals surface area contributed by atoms with Crippen LogP contribution in [0.3, 0.4) is 0 Å². The molecule has 0 unspecified atom stereocenters. The van der Waals surface area contributed by atoms with E-state index in [9.17, 15) is 22.8 Å². The highest BCUT2D eigenvalue weighted by atomic mass is 35.5. The van der Waals surface area contributed by atoms with Gasteiger partial charge in [-0.25, -0.2) is 4.79 Å². The summed E-state index contributed by atoms with van der Waals surface area (Å²) >= 11 is 6.09. The summed E-state index contributed by atoms with van der Waals surface area (Å²) in [6.07, 6.45) is -4.06. The molecule has 2 amide bonds. The van der Waals surface area contributed by atoms with Crippen molar-refractivity contribution in [3.05, 3.63) is 143 Å². The number of carbonyl (C=O) groups excluding carboxylic acids is 2. The van der Waals surface area contributed by atoms with Crippen molar-refractivity contribution in [1.29, 1.82) is 0 Å². The number of hydrogen-bond donors (Lipinski definition) is 3. The Morgan fingerprint density at radius 3 is 2.12 bits per heavy atom. The molecule has 0 bridgehead atoms. The summed E-state index contributed by atoms with van der Waals surface area (Å²) in [7, 11) is 0. The standard InChI is InChI=1S/C36H34ClN3O2.C2HF3O2/c37-32-16-13-26(14-17-32)18-21-40(35(41)24-27-12-15-29-7-1-2-8-30(29)22-27)25-28-6-5-9-31(23-28)33-10-3-4-11-34(33)36(42)39-20-19-38;3-2(4,5)1(6)7/h1-17,22-23H,18-21,24-25,38H2,(H,39,42);(H,6,7). The van der Waals surface area contributed by atoms with Gasteiger partial charge in [0.15, 0.2) is 0 Å². The monoisotopic (exact) mass is 689 g/mol. The molecule has 0 atom stereocenters. The highest BCUT2D eigenvalue weighted by Gasteiger charge is 2.38. The quantitative estimate of drug-likeness (QED) is 0.135. The van der Waals surface area contributed by atoms with Crippen molar-refractivity contribution in [1.82, 2.24) is 10.2 Å². The molecule has 0 heterocycles. The van der Waals surface area contributed by atoms with Crippen molar-refractivity contribution in [3.8, 4) is 11.1 Å². The third-order valence-corrected chi connectivity index (χ3v) is 7.81. The summed E-state index contributed by atoms with van der Waals surface area (Å²) < 4.78 is 31.7. The lowest BCUT2D eigenvalue weighted by Crippen LogP contribution is -2.33. The molecule has 0 spiro atoms. The van der Waals surface area contributed by atoms with Gasteiger partial charge in [-0.1, -0.05) is 103 Å². The molecule has 254 valence electrons. The molecule has 0 saturated carbocycles. The van der Waals surface area contributed by atoms with E-state index in [0.29, 0.717) is 49.6 Å². The van der Waals surface area contributed by atoms with Crippen LogP contribution in [0.1, 0.15) is 27.0 Å². The third-order valence-electron chi connectivity index (χ3n) is 7.56. The zero-order valence-corrected chi connectivity index (χ0v) is 27.2. The zero-order valence-electron chi connectivity index (χ0n) is 26.4. The maximum Gasteiger partial charge on any atom is 0.490 e. The van der Waals surface area contributed by atoms with Crippen LogP contribution < -0.4 is 11.1 Å². The van der Waals surface area contributed by atoms with Crippen LogP contribution in [0, 0.1) is 0 Å². The number of carbonyl (C=O) groups is 3. The molecule has 0 fully saturated rings. The molecule has 4 N–H and O–H groups in total. The van der Waals surface area contributed by atoms with Gasteiger partial charge in [0.2, 0.25) is 5.91 Å². The van der Waals surface area contributed by atoms with Crippen LogP contribution in [0.5, 0.6) is 0 Å².